The number of Topliss-reactive ketones (excluding diaryl/α,β-unsaturated/α-hetero) is 1. The Bertz CT molecular complexity index is 1100. The number of ether oxygens (including phenoxy) is 1. The normalized spacial score (nSPS) is 13.6. The average Bonchev–Trinajstić information content (AvgIpc) is 2.71. The van der Waals surface area contributed by atoms with Crippen LogP contribution >= 0.6 is 63.7 Å². The molecule has 0 saturated heterocycles. The Hall–Kier alpha value is -1.48. The first-order chi connectivity index (χ1) is 14.2. The van der Waals surface area contributed by atoms with Crippen molar-refractivity contribution in [3.05, 3.63) is 88.7 Å². The van der Waals surface area contributed by atoms with Crippen LogP contribution in [-0.2, 0) is 9.53 Å². The van der Waals surface area contributed by atoms with Crippen molar-refractivity contribution in [2.45, 2.75) is 6.92 Å². The van der Waals surface area contributed by atoms with Gasteiger partial charge in [-0.2, -0.15) is 0 Å². The molecule has 0 aromatic heterocycles. The maximum absolute atomic E-state index is 12.6. The Morgan fingerprint density at radius 3 is 2.03 bits per heavy atom. The van der Waals surface area contributed by atoms with Crippen LogP contribution in [-0.4, -0.2) is 23.5 Å². The van der Waals surface area contributed by atoms with E-state index in [1.807, 2.05) is 12.1 Å². The van der Waals surface area contributed by atoms with Gasteiger partial charge in [0.1, 0.15) is 5.75 Å². The number of esters is 1. The number of carbonyl (C=O) groups is 2. The molecule has 1 aliphatic rings. The summed E-state index contributed by atoms with van der Waals surface area (Å²) in [5.41, 5.74) is 3.16. The second kappa shape index (κ2) is 9.77. The van der Waals surface area contributed by atoms with E-state index in [0.29, 0.717) is 40.2 Å². The number of hydrogen-bond acceptors (Lipinski definition) is 4. The SMILES string of the molecule is CCOC(=O)c1ccccc1C(=C1C=C(Br)C(=O)C(Br)=C1)c1cc(Br)c(O)c(Br)c1. The van der Waals surface area contributed by atoms with Crippen LogP contribution in [0.25, 0.3) is 5.57 Å². The zero-order chi connectivity index (χ0) is 22.0. The van der Waals surface area contributed by atoms with Crippen LogP contribution in [0, 0.1) is 0 Å². The van der Waals surface area contributed by atoms with Gasteiger partial charge in [0.25, 0.3) is 0 Å². The summed E-state index contributed by atoms with van der Waals surface area (Å²) in [6, 6.07) is 10.6. The number of benzene rings is 2. The maximum atomic E-state index is 12.6. The molecule has 3 rings (SSSR count). The number of hydrogen-bond donors (Lipinski definition) is 1. The lowest BCUT2D eigenvalue weighted by Crippen LogP contribution is -2.10. The van der Waals surface area contributed by atoms with Gasteiger partial charge in [-0.25, -0.2) is 4.79 Å². The summed E-state index contributed by atoms with van der Waals surface area (Å²) < 4.78 is 6.98. The van der Waals surface area contributed by atoms with Crippen molar-refractivity contribution in [2.24, 2.45) is 0 Å². The summed E-state index contributed by atoms with van der Waals surface area (Å²) in [5.74, 6) is -0.556. The molecule has 0 aliphatic heterocycles. The molecule has 30 heavy (non-hydrogen) atoms. The number of phenolic OH excluding ortho intramolecular Hbond substituents is 1. The summed E-state index contributed by atoms with van der Waals surface area (Å²) in [7, 11) is 0. The molecule has 0 atom stereocenters. The third-order valence-corrected chi connectivity index (χ3v) is 6.67. The van der Waals surface area contributed by atoms with Crippen molar-refractivity contribution >= 4 is 81.0 Å². The lowest BCUT2D eigenvalue weighted by atomic mass is 9.88. The van der Waals surface area contributed by atoms with Gasteiger partial charge >= 0.3 is 5.97 Å². The monoisotopic (exact) mass is 658 g/mol. The molecule has 0 bridgehead atoms. The van der Waals surface area contributed by atoms with Crippen LogP contribution < -0.4 is 0 Å². The van der Waals surface area contributed by atoms with Crippen molar-refractivity contribution in [2.75, 3.05) is 6.61 Å². The second-order valence-electron chi connectivity index (χ2n) is 6.20. The van der Waals surface area contributed by atoms with E-state index < -0.39 is 5.97 Å². The lowest BCUT2D eigenvalue weighted by Gasteiger charge is -2.19. The quantitative estimate of drug-likeness (QED) is 0.358. The topological polar surface area (TPSA) is 63.6 Å². The maximum Gasteiger partial charge on any atom is 0.338 e. The Morgan fingerprint density at radius 2 is 1.50 bits per heavy atom. The third kappa shape index (κ3) is 4.72. The second-order valence-corrected chi connectivity index (χ2v) is 9.62. The number of aromatic hydroxyl groups is 1. The predicted octanol–water partition coefficient (Wildman–Crippen LogP) is 7.04. The number of carbonyl (C=O) groups excluding carboxylic acids is 2. The number of rotatable bonds is 4. The Morgan fingerprint density at radius 1 is 0.967 bits per heavy atom. The molecule has 0 heterocycles. The van der Waals surface area contributed by atoms with E-state index in [0.717, 1.165) is 5.56 Å². The Labute approximate surface area is 207 Å². The molecule has 4 nitrogen and oxygen atoms in total. The van der Waals surface area contributed by atoms with Gasteiger partial charge in [0.05, 0.1) is 30.1 Å². The Balaban J connectivity index is 2.39. The molecule has 2 aromatic carbocycles. The molecular weight excluding hydrogens is 648 g/mol. The summed E-state index contributed by atoms with van der Waals surface area (Å²) in [6.45, 7) is 2.00. The minimum Gasteiger partial charge on any atom is -0.506 e. The zero-order valence-electron chi connectivity index (χ0n) is 15.5. The molecule has 1 N–H and O–H groups in total. The van der Waals surface area contributed by atoms with Crippen molar-refractivity contribution in [3.63, 3.8) is 0 Å². The van der Waals surface area contributed by atoms with Crippen LogP contribution in [0.1, 0.15) is 28.4 Å². The van der Waals surface area contributed by atoms with Gasteiger partial charge in [0.2, 0.25) is 5.78 Å². The predicted molar refractivity (Wildman–Crippen MR) is 131 cm³/mol. The van der Waals surface area contributed by atoms with Gasteiger partial charge < -0.3 is 9.84 Å². The van der Waals surface area contributed by atoms with Gasteiger partial charge in [0.15, 0.2) is 0 Å². The minimum absolute atomic E-state index is 0.0639. The van der Waals surface area contributed by atoms with Crippen molar-refractivity contribution in [1.82, 2.24) is 0 Å². The summed E-state index contributed by atoms with van der Waals surface area (Å²) >= 11 is 13.4. The van der Waals surface area contributed by atoms with Gasteiger partial charge in [-0.3, -0.25) is 4.79 Å². The van der Waals surface area contributed by atoms with Gasteiger partial charge in [-0.1, -0.05) is 18.2 Å². The fourth-order valence-corrected chi connectivity index (χ4v) is 5.35. The standard InChI is InChI=1S/C22H14Br4O4/c1-2-30-22(29)14-6-4-3-5-13(14)19(11-7-15(23)20(27)16(24)8-11)12-9-17(25)21(28)18(26)10-12/h3-10,27H,2H2,1H3. The zero-order valence-corrected chi connectivity index (χ0v) is 21.9. The largest absolute Gasteiger partial charge is 0.506 e. The van der Waals surface area contributed by atoms with Crippen LogP contribution in [0.5, 0.6) is 5.75 Å². The highest BCUT2D eigenvalue weighted by Gasteiger charge is 2.23. The van der Waals surface area contributed by atoms with E-state index in [9.17, 15) is 14.7 Å². The van der Waals surface area contributed by atoms with Crippen LogP contribution in [0.4, 0.5) is 0 Å². The molecule has 0 spiro atoms. The highest BCUT2D eigenvalue weighted by molar-refractivity contribution is 9.13. The molecular formula is C22H14Br4O4. The van der Waals surface area contributed by atoms with E-state index in [2.05, 4.69) is 63.7 Å². The molecule has 0 saturated carbocycles. The fourth-order valence-electron chi connectivity index (χ4n) is 2.98. The van der Waals surface area contributed by atoms with Crippen LogP contribution in [0.2, 0.25) is 0 Å². The molecule has 0 radical (unpaired) electrons. The summed E-state index contributed by atoms with van der Waals surface area (Å²) in [5, 5.41) is 10.2. The van der Waals surface area contributed by atoms with Crippen molar-refractivity contribution in [3.8, 4) is 5.75 Å². The minimum atomic E-state index is -0.443. The van der Waals surface area contributed by atoms with E-state index in [4.69, 9.17) is 4.74 Å². The van der Waals surface area contributed by atoms with E-state index in [1.165, 1.54) is 0 Å². The van der Waals surface area contributed by atoms with Crippen molar-refractivity contribution in [1.29, 1.82) is 0 Å². The van der Waals surface area contributed by atoms with Crippen molar-refractivity contribution < 1.29 is 19.4 Å². The van der Waals surface area contributed by atoms with E-state index in [1.54, 1.807) is 43.3 Å². The summed E-state index contributed by atoms with van der Waals surface area (Å²) in [4.78, 5) is 24.9. The molecule has 2 aromatic rings. The van der Waals surface area contributed by atoms with Crippen LogP contribution in [0.3, 0.4) is 0 Å². The van der Waals surface area contributed by atoms with Crippen LogP contribution in [0.15, 0.2) is 72.0 Å². The first kappa shape index (κ1) is 23.2. The molecule has 1 aliphatic carbocycles. The third-order valence-electron chi connectivity index (χ3n) is 4.28. The first-order valence-corrected chi connectivity index (χ1v) is 11.9. The van der Waals surface area contributed by atoms with Gasteiger partial charge in [-0.05, 0) is 123 Å². The van der Waals surface area contributed by atoms with Gasteiger partial charge in [0, 0.05) is 0 Å². The number of allylic oxidation sites excluding steroid dienone is 5. The molecule has 0 unspecified atom stereocenters. The highest BCUT2D eigenvalue weighted by atomic mass is 79.9. The molecule has 0 amide bonds. The highest BCUT2D eigenvalue weighted by Crippen LogP contribution is 2.41. The number of halogens is 4. The molecule has 154 valence electrons. The van der Waals surface area contributed by atoms with E-state index in [-0.39, 0.29) is 18.1 Å². The Kier molecular flexibility index (Phi) is 7.55. The summed E-state index contributed by atoms with van der Waals surface area (Å²) in [6.07, 6.45) is 3.41. The fraction of sp³-hybridized carbons (Fsp3) is 0.0909. The first-order valence-electron chi connectivity index (χ1n) is 8.72. The lowest BCUT2D eigenvalue weighted by molar-refractivity contribution is -0.110. The number of phenols is 1. The smallest absolute Gasteiger partial charge is 0.338 e. The average molecular weight is 662 g/mol. The number of ketones is 1. The molecule has 0 fully saturated rings. The molecule has 8 heteroatoms. The van der Waals surface area contributed by atoms with E-state index >= 15 is 0 Å². The van der Waals surface area contributed by atoms with Gasteiger partial charge in [-0.15, -0.1) is 0 Å².